The van der Waals surface area contributed by atoms with Crippen LogP contribution in [-0.4, -0.2) is 33.4 Å². The number of fused-ring (bicyclic) bond motifs is 1. The van der Waals surface area contributed by atoms with E-state index in [-0.39, 0.29) is 5.91 Å². The highest BCUT2D eigenvalue weighted by molar-refractivity contribution is 7.99. The average Bonchev–Trinajstić information content (AvgIpc) is 3.29. The number of carbonyl (C=O) groups excluding carboxylic acids is 1. The van der Waals surface area contributed by atoms with E-state index in [9.17, 15) is 4.79 Å². The van der Waals surface area contributed by atoms with E-state index in [1.54, 1.807) is 0 Å². The Morgan fingerprint density at radius 3 is 2.22 bits per heavy atom. The number of rotatable bonds is 6. The van der Waals surface area contributed by atoms with Gasteiger partial charge in [0.15, 0.2) is 0 Å². The lowest BCUT2D eigenvalue weighted by molar-refractivity contribution is -0.118. The number of hydrogen-bond donors (Lipinski definition) is 0. The number of benzene rings is 3. The van der Waals surface area contributed by atoms with Crippen LogP contribution < -0.4 is 4.90 Å². The molecule has 0 spiro atoms. The van der Waals surface area contributed by atoms with Crippen LogP contribution in [0.2, 0.25) is 0 Å². The lowest BCUT2D eigenvalue weighted by Gasteiger charge is -2.17. The topological polar surface area (TPSA) is 59.0 Å². The van der Waals surface area contributed by atoms with E-state index < -0.39 is 0 Å². The first-order chi connectivity index (χ1) is 15.8. The maximum Gasteiger partial charge on any atom is 0.227 e. The molecule has 2 heterocycles. The molecule has 1 aliphatic rings. The molecule has 0 radical (unpaired) electrons. The van der Waals surface area contributed by atoms with Crippen LogP contribution in [0, 0.1) is 0 Å². The van der Waals surface area contributed by atoms with Gasteiger partial charge < -0.3 is 4.90 Å². The zero-order chi connectivity index (χ0) is 21.8. The number of para-hydroxylation sites is 1. The second-order valence-electron chi connectivity index (χ2n) is 7.55. The van der Waals surface area contributed by atoms with Gasteiger partial charge in [-0.2, -0.15) is 0 Å². The molecule has 6 heteroatoms. The molecular formula is C26H22N4OS. The van der Waals surface area contributed by atoms with Crippen molar-refractivity contribution < 1.29 is 4.79 Å². The molecule has 0 fully saturated rings. The van der Waals surface area contributed by atoms with Crippen LogP contribution in [0.25, 0.3) is 22.5 Å². The van der Waals surface area contributed by atoms with Gasteiger partial charge in [0.25, 0.3) is 0 Å². The summed E-state index contributed by atoms with van der Waals surface area (Å²) in [4.78, 5) is 19.5. The van der Waals surface area contributed by atoms with Crippen molar-refractivity contribution in [3.8, 4) is 22.5 Å². The molecule has 0 saturated heterocycles. The SMILES string of the molecule is O=C(CCSc1nnc(-c2ccccc2)c(-c2ccccc2)n1)N1CCc2ccccc21. The second-order valence-corrected chi connectivity index (χ2v) is 8.61. The van der Waals surface area contributed by atoms with Crippen molar-refractivity contribution in [1.82, 2.24) is 15.2 Å². The summed E-state index contributed by atoms with van der Waals surface area (Å²) in [5.41, 5.74) is 5.81. The second kappa shape index (κ2) is 9.32. The Bertz CT molecular complexity index is 1230. The molecule has 4 aromatic rings. The zero-order valence-corrected chi connectivity index (χ0v) is 18.3. The van der Waals surface area contributed by atoms with Crippen molar-refractivity contribution in [1.29, 1.82) is 0 Å². The minimum Gasteiger partial charge on any atom is -0.312 e. The number of anilines is 1. The summed E-state index contributed by atoms with van der Waals surface area (Å²) in [5.74, 6) is 0.748. The highest BCUT2D eigenvalue weighted by Crippen LogP contribution is 2.31. The van der Waals surface area contributed by atoms with Gasteiger partial charge >= 0.3 is 0 Å². The molecule has 32 heavy (non-hydrogen) atoms. The van der Waals surface area contributed by atoms with Gasteiger partial charge in [-0.1, -0.05) is 90.6 Å². The van der Waals surface area contributed by atoms with Crippen molar-refractivity contribution in [2.24, 2.45) is 0 Å². The fraction of sp³-hybridized carbons (Fsp3) is 0.154. The molecule has 3 aromatic carbocycles. The van der Waals surface area contributed by atoms with Gasteiger partial charge in [-0.25, -0.2) is 4.98 Å². The summed E-state index contributed by atoms with van der Waals surface area (Å²) >= 11 is 1.47. The van der Waals surface area contributed by atoms with E-state index in [1.165, 1.54) is 17.3 Å². The quantitative estimate of drug-likeness (QED) is 0.384. The molecule has 1 aliphatic heterocycles. The Morgan fingerprint density at radius 2 is 1.47 bits per heavy atom. The standard InChI is InChI=1S/C26H22N4OS/c31-23(30-17-15-19-9-7-8-14-22(19)30)16-18-32-26-27-24(20-10-3-1-4-11-20)25(28-29-26)21-12-5-2-6-13-21/h1-14H,15-18H2. The Kier molecular flexibility index (Phi) is 5.94. The highest BCUT2D eigenvalue weighted by atomic mass is 32.2. The number of nitrogens with zero attached hydrogens (tertiary/aromatic N) is 4. The molecule has 5 nitrogen and oxygen atoms in total. The summed E-state index contributed by atoms with van der Waals surface area (Å²) in [6.45, 7) is 0.755. The zero-order valence-electron chi connectivity index (χ0n) is 17.5. The maximum atomic E-state index is 12.8. The van der Waals surface area contributed by atoms with Crippen LogP contribution in [0.3, 0.4) is 0 Å². The Balaban J connectivity index is 1.32. The van der Waals surface area contributed by atoms with Gasteiger partial charge in [-0.05, 0) is 18.1 Å². The van der Waals surface area contributed by atoms with E-state index in [0.29, 0.717) is 17.3 Å². The number of amides is 1. The van der Waals surface area contributed by atoms with E-state index in [1.807, 2.05) is 83.8 Å². The molecule has 0 saturated carbocycles. The lowest BCUT2D eigenvalue weighted by Crippen LogP contribution is -2.29. The van der Waals surface area contributed by atoms with Crippen molar-refractivity contribution in [3.05, 3.63) is 90.5 Å². The van der Waals surface area contributed by atoms with Gasteiger partial charge in [-0.15, -0.1) is 10.2 Å². The first-order valence-electron chi connectivity index (χ1n) is 10.7. The molecule has 1 aromatic heterocycles. The first kappa shape index (κ1) is 20.4. The van der Waals surface area contributed by atoms with Crippen LogP contribution in [-0.2, 0) is 11.2 Å². The van der Waals surface area contributed by atoms with Crippen LogP contribution in [0.5, 0.6) is 0 Å². The van der Waals surface area contributed by atoms with Crippen LogP contribution in [0.15, 0.2) is 90.1 Å². The normalized spacial score (nSPS) is 12.6. The van der Waals surface area contributed by atoms with E-state index in [0.717, 1.165) is 41.2 Å². The van der Waals surface area contributed by atoms with Gasteiger partial charge in [0, 0.05) is 35.5 Å². The molecular weight excluding hydrogens is 416 g/mol. The van der Waals surface area contributed by atoms with Crippen molar-refractivity contribution in [3.63, 3.8) is 0 Å². The molecule has 0 unspecified atom stereocenters. The van der Waals surface area contributed by atoms with Crippen molar-refractivity contribution in [2.75, 3.05) is 17.2 Å². The molecule has 0 atom stereocenters. The van der Waals surface area contributed by atoms with Gasteiger partial charge in [0.2, 0.25) is 11.1 Å². The maximum absolute atomic E-state index is 12.8. The fourth-order valence-corrected chi connectivity index (χ4v) is 4.64. The molecule has 0 N–H and O–H groups in total. The molecule has 1 amide bonds. The number of thioether (sulfide) groups is 1. The number of hydrogen-bond acceptors (Lipinski definition) is 5. The van der Waals surface area contributed by atoms with Crippen molar-refractivity contribution >= 4 is 23.4 Å². The Labute approximate surface area is 191 Å². The third kappa shape index (κ3) is 4.27. The summed E-state index contributed by atoms with van der Waals surface area (Å²) in [5, 5.41) is 9.43. The van der Waals surface area contributed by atoms with Gasteiger partial charge in [0.1, 0.15) is 11.4 Å². The number of aromatic nitrogens is 3. The first-order valence-corrected chi connectivity index (χ1v) is 11.6. The predicted molar refractivity (Wildman–Crippen MR) is 129 cm³/mol. The fourth-order valence-electron chi connectivity index (χ4n) is 3.92. The summed E-state index contributed by atoms with van der Waals surface area (Å²) in [6, 6.07) is 28.1. The summed E-state index contributed by atoms with van der Waals surface area (Å²) in [7, 11) is 0. The van der Waals surface area contributed by atoms with Crippen LogP contribution in [0.4, 0.5) is 5.69 Å². The predicted octanol–water partition coefficient (Wildman–Crippen LogP) is 5.28. The highest BCUT2D eigenvalue weighted by Gasteiger charge is 2.23. The smallest absolute Gasteiger partial charge is 0.227 e. The third-order valence-corrected chi connectivity index (χ3v) is 6.34. The largest absolute Gasteiger partial charge is 0.312 e. The molecule has 0 bridgehead atoms. The van der Waals surface area contributed by atoms with Gasteiger partial charge in [-0.3, -0.25) is 4.79 Å². The van der Waals surface area contributed by atoms with Crippen molar-refractivity contribution in [2.45, 2.75) is 18.0 Å². The average molecular weight is 439 g/mol. The summed E-state index contributed by atoms with van der Waals surface area (Å²) in [6.07, 6.45) is 1.35. The van der Waals surface area contributed by atoms with E-state index in [2.05, 4.69) is 16.3 Å². The lowest BCUT2D eigenvalue weighted by atomic mass is 10.0. The molecule has 0 aliphatic carbocycles. The Morgan fingerprint density at radius 1 is 0.812 bits per heavy atom. The van der Waals surface area contributed by atoms with Gasteiger partial charge in [0.05, 0.1) is 0 Å². The van der Waals surface area contributed by atoms with E-state index >= 15 is 0 Å². The minimum atomic E-state index is 0.139. The van der Waals surface area contributed by atoms with Crippen LogP contribution >= 0.6 is 11.8 Å². The Hall–Kier alpha value is -3.51. The van der Waals surface area contributed by atoms with E-state index in [4.69, 9.17) is 4.98 Å². The molecule has 158 valence electrons. The minimum absolute atomic E-state index is 0.139. The number of carbonyl (C=O) groups is 1. The summed E-state index contributed by atoms with van der Waals surface area (Å²) < 4.78 is 0. The third-order valence-electron chi connectivity index (χ3n) is 5.50. The van der Waals surface area contributed by atoms with Crippen LogP contribution in [0.1, 0.15) is 12.0 Å². The monoisotopic (exact) mass is 438 g/mol. The molecule has 5 rings (SSSR count).